The van der Waals surface area contributed by atoms with Crippen LogP contribution in [-0.2, 0) is 4.74 Å². The molecule has 0 spiro atoms. The number of nitrogens with zero attached hydrogens (tertiary/aromatic N) is 4. The van der Waals surface area contributed by atoms with Gasteiger partial charge in [0.2, 0.25) is 0 Å². The Bertz CT molecular complexity index is 932. The molecule has 27 heavy (non-hydrogen) atoms. The third-order valence-corrected chi connectivity index (χ3v) is 5.05. The van der Waals surface area contributed by atoms with E-state index in [9.17, 15) is 4.39 Å². The Morgan fingerprint density at radius 1 is 1.15 bits per heavy atom. The lowest BCUT2D eigenvalue weighted by Crippen LogP contribution is -2.39. The molecule has 6 nitrogen and oxygen atoms in total. The first-order valence-corrected chi connectivity index (χ1v) is 9.29. The number of anilines is 1. The molecule has 3 aromatic rings. The fourth-order valence-electron chi connectivity index (χ4n) is 3.33. The highest BCUT2D eigenvalue weighted by molar-refractivity contribution is 5.66. The summed E-state index contributed by atoms with van der Waals surface area (Å²) in [6.45, 7) is 9.40. The second kappa shape index (κ2) is 7.62. The van der Waals surface area contributed by atoms with Gasteiger partial charge in [-0.1, -0.05) is 0 Å². The van der Waals surface area contributed by atoms with Crippen LogP contribution in [-0.4, -0.2) is 58.9 Å². The number of morpholine rings is 1. The first-order chi connectivity index (χ1) is 13.1. The van der Waals surface area contributed by atoms with E-state index in [2.05, 4.69) is 22.1 Å². The number of hydrogen-bond acceptors (Lipinski definition) is 5. The predicted molar refractivity (Wildman–Crippen MR) is 104 cm³/mol. The van der Waals surface area contributed by atoms with Crippen LogP contribution in [0.2, 0.25) is 0 Å². The van der Waals surface area contributed by atoms with Gasteiger partial charge >= 0.3 is 0 Å². The monoisotopic (exact) mass is 369 g/mol. The maximum Gasteiger partial charge on any atom is 0.158 e. The molecule has 0 aliphatic carbocycles. The second-order valence-electron chi connectivity index (χ2n) is 6.86. The van der Waals surface area contributed by atoms with Crippen molar-refractivity contribution in [3.63, 3.8) is 0 Å². The number of rotatable bonds is 5. The fourth-order valence-corrected chi connectivity index (χ4v) is 3.33. The normalized spacial score (nSPS) is 15.4. The minimum atomic E-state index is -0.252. The molecule has 0 bridgehead atoms. The summed E-state index contributed by atoms with van der Waals surface area (Å²) in [4.78, 5) is 7.05. The molecule has 1 aliphatic heterocycles. The zero-order valence-electron chi connectivity index (χ0n) is 15.7. The van der Waals surface area contributed by atoms with Gasteiger partial charge < -0.3 is 10.1 Å². The van der Waals surface area contributed by atoms with Gasteiger partial charge in [0.1, 0.15) is 11.6 Å². The van der Waals surface area contributed by atoms with Crippen LogP contribution in [0.3, 0.4) is 0 Å². The van der Waals surface area contributed by atoms with Crippen molar-refractivity contribution in [2.75, 3.05) is 44.7 Å². The van der Waals surface area contributed by atoms with E-state index >= 15 is 0 Å². The van der Waals surface area contributed by atoms with Gasteiger partial charge in [-0.25, -0.2) is 9.37 Å². The number of fused-ring (bicyclic) bond motifs is 1. The van der Waals surface area contributed by atoms with Crippen LogP contribution < -0.4 is 5.32 Å². The molecule has 0 unspecified atom stereocenters. The van der Waals surface area contributed by atoms with Crippen molar-refractivity contribution in [1.82, 2.24) is 19.5 Å². The zero-order valence-corrected chi connectivity index (χ0v) is 15.7. The lowest BCUT2D eigenvalue weighted by molar-refractivity contribution is 0.0398. The van der Waals surface area contributed by atoms with Crippen LogP contribution in [0.15, 0.2) is 30.3 Å². The predicted octanol–water partition coefficient (Wildman–Crippen LogP) is 2.90. The SMILES string of the molecule is Cc1nc2cc(-c3ccc(F)cc3)nn2c(NCCN2CCOCC2)c1C. The molecule has 0 radical (unpaired) electrons. The summed E-state index contributed by atoms with van der Waals surface area (Å²) >= 11 is 0. The van der Waals surface area contributed by atoms with Gasteiger partial charge in [0, 0.05) is 49.1 Å². The molecular weight excluding hydrogens is 345 g/mol. The highest BCUT2D eigenvalue weighted by Gasteiger charge is 2.14. The Hall–Kier alpha value is -2.51. The quantitative estimate of drug-likeness (QED) is 0.749. The first-order valence-electron chi connectivity index (χ1n) is 9.29. The van der Waals surface area contributed by atoms with Crippen molar-refractivity contribution in [2.45, 2.75) is 13.8 Å². The largest absolute Gasteiger partial charge is 0.379 e. The Morgan fingerprint density at radius 3 is 2.63 bits per heavy atom. The number of halogens is 1. The van der Waals surface area contributed by atoms with Crippen LogP contribution in [0.1, 0.15) is 11.3 Å². The summed E-state index contributed by atoms with van der Waals surface area (Å²) in [6, 6.07) is 8.31. The van der Waals surface area contributed by atoms with E-state index in [1.807, 2.05) is 17.5 Å². The zero-order chi connectivity index (χ0) is 18.8. The van der Waals surface area contributed by atoms with E-state index < -0.39 is 0 Å². The van der Waals surface area contributed by atoms with Crippen LogP contribution in [0.25, 0.3) is 16.9 Å². The van der Waals surface area contributed by atoms with Crippen molar-refractivity contribution < 1.29 is 9.13 Å². The van der Waals surface area contributed by atoms with Crippen molar-refractivity contribution >= 4 is 11.5 Å². The standard InChI is InChI=1S/C20H24FN5O/c1-14-15(2)23-19-13-18(16-3-5-17(21)6-4-16)24-26(19)20(14)22-7-8-25-9-11-27-12-10-25/h3-6,13,22H,7-12H2,1-2H3. The van der Waals surface area contributed by atoms with Gasteiger partial charge in [0.25, 0.3) is 0 Å². The van der Waals surface area contributed by atoms with E-state index in [4.69, 9.17) is 9.84 Å². The van der Waals surface area contributed by atoms with Crippen molar-refractivity contribution in [3.8, 4) is 11.3 Å². The number of aromatic nitrogens is 3. The number of nitrogens with one attached hydrogen (secondary N) is 1. The second-order valence-corrected chi connectivity index (χ2v) is 6.86. The lowest BCUT2D eigenvalue weighted by atomic mass is 10.1. The summed E-state index contributed by atoms with van der Waals surface area (Å²) in [5.74, 6) is 0.705. The molecule has 0 amide bonds. The first kappa shape index (κ1) is 17.9. The number of aryl methyl sites for hydroxylation is 1. The molecule has 0 atom stereocenters. The van der Waals surface area contributed by atoms with E-state index in [0.29, 0.717) is 0 Å². The summed E-state index contributed by atoms with van der Waals surface area (Å²) < 4.78 is 20.5. The average Bonchev–Trinajstić information content (AvgIpc) is 3.09. The van der Waals surface area contributed by atoms with E-state index in [1.165, 1.54) is 12.1 Å². The molecule has 1 aromatic carbocycles. The summed E-state index contributed by atoms with van der Waals surface area (Å²) in [5, 5.41) is 8.25. The summed E-state index contributed by atoms with van der Waals surface area (Å²) in [6.07, 6.45) is 0. The van der Waals surface area contributed by atoms with Crippen molar-refractivity contribution in [3.05, 3.63) is 47.4 Å². The maximum atomic E-state index is 13.2. The van der Waals surface area contributed by atoms with E-state index in [1.54, 1.807) is 12.1 Å². The van der Waals surface area contributed by atoms with Gasteiger partial charge in [-0.2, -0.15) is 9.61 Å². The Morgan fingerprint density at radius 2 is 1.89 bits per heavy atom. The van der Waals surface area contributed by atoms with Crippen LogP contribution >= 0.6 is 0 Å². The highest BCUT2D eigenvalue weighted by Crippen LogP contribution is 2.24. The Labute approximate surface area is 158 Å². The van der Waals surface area contributed by atoms with Gasteiger partial charge in [-0.3, -0.25) is 4.90 Å². The van der Waals surface area contributed by atoms with Gasteiger partial charge in [0.15, 0.2) is 5.65 Å². The minimum Gasteiger partial charge on any atom is -0.379 e. The Kier molecular flexibility index (Phi) is 5.05. The van der Waals surface area contributed by atoms with Crippen LogP contribution in [0.4, 0.5) is 10.2 Å². The van der Waals surface area contributed by atoms with Crippen molar-refractivity contribution in [1.29, 1.82) is 0 Å². The summed E-state index contributed by atoms with van der Waals surface area (Å²) in [7, 11) is 0. The number of hydrogen-bond donors (Lipinski definition) is 1. The topological polar surface area (TPSA) is 54.7 Å². The van der Waals surface area contributed by atoms with Gasteiger partial charge in [0.05, 0.1) is 18.9 Å². The average molecular weight is 369 g/mol. The number of ether oxygens (including phenoxy) is 1. The molecule has 1 aliphatic rings. The minimum absolute atomic E-state index is 0.252. The maximum absolute atomic E-state index is 13.2. The fraction of sp³-hybridized carbons (Fsp3) is 0.400. The molecule has 1 fully saturated rings. The molecular formula is C20H24FN5O. The molecule has 7 heteroatoms. The molecule has 4 rings (SSSR count). The van der Waals surface area contributed by atoms with E-state index in [-0.39, 0.29) is 5.82 Å². The third kappa shape index (κ3) is 3.79. The smallest absolute Gasteiger partial charge is 0.158 e. The van der Waals surface area contributed by atoms with Crippen LogP contribution in [0, 0.1) is 19.7 Å². The molecule has 2 aromatic heterocycles. The van der Waals surface area contributed by atoms with Gasteiger partial charge in [-0.05, 0) is 38.1 Å². The molecule has 142 valence electrons. The molecule has 1 N–H and O–H groups in total. The third-order valence-electron chi connectivity index (χ3n) is 5.05. The van der Waals surface area contributed by atoms with Crippen LogP contribution in [0.5, 0.6) is 0 Å². The summed E-state index contributed by atoms with van der Waals surface area (Å²) in [5.41, 5.74) is 4.49. The number of benzene rings is 1. The molecule has 1 saturated heterocycles. The van der Waals surface area contributed by atoms with E-state index in [0.717, 1.165) is 73.4 Å². The van der Waals surface area contributed by atoms with Crippen molar-refractivity contribution in [2.24, 2.45) is 0 Å². The molecule has 3 heterocycles. The van der Waals surface area contributed by atoms with Gasteiger partial charge in [-0.15, -0.1) is 0 Å². The molecule has 0 saturated carbocycles. The highest BCUT2D eigenvalue weighted by atomic mass is 19.1. The lowest BCUT2D eigenvalue weighted by Gasteiger charge is -2.26. The Balaban J connectivity index is 1.60.